The lowest BCUT2D eigenvalue weighted by Gasteiger charge is -2.28. The maximum absolute atomic E-state index is 13.0. The van der Waals surface area contributed by atoms with Gasteiger partial charge in [-0.05, 0) is 16.7 Å². The highest BCUT2D eigenvalue weighted by atomic mass is 16.6. The van der Waals surface area contributed by atoms with Crippen LogP contribution in [-0.2, 0) is 40.6 Å². The molecule has 1 N–H and O–H groups in total. The van der Waals surface area contributed by atoms with Gasteiger partial charge in [0.05, 0.1) is 26.4 Å². The minimum absolute atomic E-state index is 0.0188. The van der Waals surface area contributed by atoms with Gasteiger partial charge in [0.25, 0.3) is 0 Å². The summed E-state index contributed by atoms with van der Waals surface area (Å²) in [7, 11) is 0. The summed E-state index contributed by atoms with van der Waals surface area (Å²) >= 11 is 0. The molecule has 4 aromatic rings. The Kier molecular flexibility index (Phi) is 11.3. The molecule has 0 saturated heterocycles. The van der Waals surface area contributed by atoms with Crippen LogP contribution in [-0.4, -0.2) is 41.0 Å². The average Bonchev–Trinajstić information content (AvgIpc) is 2.98. The highest BCUT2D eigenvalue weighted by Crippen LogP contribution is 2.16. The standard InChI is InChI=1S/C33H35NO5/c35-31(26-37-23-28-15-7-2-8-16-28)33(39-25-30-19-11-4-12-20-30)32(38-24-29-17-9-3-10-18-29)22-34(36)21-27-13-5-1-6-14-27/h1-20,22,31-33,35H,21,23-26H2/b34-22-/t31-,32+,33-/m1/s1. The van der Waals surface area contributed by atoms with Crippen LogP contribution in [0.5, 0.6) is 0 Å². The van der Waals surface area contributed by atoms with Crippen LogP contribution in [0.4, 0.5) is 0 Å². The molecule has 0 radical (unpaired) electrons. The number of ether oxygens (including phenoxy) is 3. The van der Waals surface area contributed by atoms with Crippen molar-refractivity contribution in [2.24, 2.45) is 0 Å². The fraction of sp³-hybridized carbons (Fsp3) is 0.242. The molecule has 0 aliphatic carbocycles. The SMILES string of the molecule is [O-]/[N+](=C\[C@H](OCc1ccccc1)[C@H](OCc1ccccc1)[C@H](O)COCc1ccccc1)Cc1ccccc1. The first kappa shape index (κ1) is 28.2. The molecule has 6 heteroatoms. The normalized spacial score (nSPS) is 14.0. The molecule has 0 spiro atoms. The van der Waals surface area contributed by atoms with Crippen molar-refractivity contribution in [1.29, 1.82) is 0 Å². The lowest BCUT2D eigenvalue weighted by atomic mass is 10.1. The van der Waals surface area contributed by atoms with Crippen molar-refractivity contribution in [2.75, 3.05) is 6.61 Å². The molecule has 0 bridgehead atoms. The number of benzene rings is 4. The van der Waals surface area contributed by atoms with Crippen LogP contribution < -0.4 is 0 Å². The molecule has 39 heavy (non-hydrogen) atoms. The summed E-state index contributed by atoms with van der Waals surface area (Å²) in [6, 6.07) is 38.7. The summed E-state index contributed by atoms with van der Waals surface area (Å²) in [6.45, 7) is 1.02. The van der Waals surface area contributed by atoms with Gasteiger partial charge in [-0.15, -0.1) is 0 Å². The minimum Gasteiger partial charge on any atom is -0.624 e. The molecular formula is C33H35NO5. The molecule has 0 amide bonds. The van der Waals surface area contributed by atoms with Crippen LogP contribution in [0.25, 0.3) is 0 Å². The molecule has 0 unspecified atom stereocenters. The maximum atomic E-state index is 13.0. The third kappa shape index (κ3) is 9.78. The number of hydrogen-bond acceptors (Lipinski definition) is 5. The molecule has 6 nitrogen and oxygen atoms in total. The summed E-state index contributed by atoms with van der Waals surface area (Å²) in [5, 5.41) is 24.3. The molecule has 0 aliphatic rings. The fourth-order valence-corrected chi connectivity index (χ4v) is 4.13. The predicted molar refractivity (Wildman–Crippen MR) is 152 cm³/mol. The first-order valence-electron chi connectivity index (χ1n) is 13.1. The van der Waals surface area contributed by atoms with Gasteiger partial charge in [0.2, 0.25) is 0 Å². The molecule has 0 aliphatic heterocycles. The lowest BCUT2D eigenvalue weighted by molar-refractivity contribution is -0.473. The van der Waals surface area contributed by atoms with E-state index in [1.807, 2.05) is 121 Å². The molecule has 4 aromatic carbocycles. The quantitative estimate of drug-likeness (QED) is 0.0958. The lowest BCUT2D eigenvalue weighted by Crippen LogP contribution is -2.45. The van der Waals surface area contributed by atoms with Crippen LogP contribution >= 0.6 is 0 Å². The number of aliphatic hydroxyl groups is 1. The van der Waals surface area contributed by atoms with Crippen LogP contribution in [0.2, 0.25) is 0 Å². The largest absolute Gasteiger partial charge is 0.624 e. The molecule has 0 aromatic heterocycles. The van der Waals surface area contributed by atoms with Crippen molar-refractivity contribution in [2.45, 2.75) is 44.7 Å². The molecular weight excluding hydrogens is 490 g/mol. The predicted octanol–water partition coefficient (Wildman–Crippen LogP) is 5.52. The smallest absolute Gasteiger partial charge is 0.183 e. The van der Waals surface area contributed by atoms with E-state index < -0.39 is 18.3 Å². The van der Waals surface area contributed by atoms with E-state index in [1.165, 1.54) is 6.21 Å². The number of rotatable bonds is 15. The number of hydroxylamine groups is 1. The van der Waals surface area contributed by atoms with E-state index in [-0.39, 0.29) is 26.4 Å². The minimum atomic E-state index is -1.04. The van der Waals surface area contributed by atoms with Crippen LogP contribution in [0.15, 0.2) is 121 Å². The summed E-state index contributed by atoms with van der Waals surface area (Å²) in [5.74, 6) is 0. The van der Waals surface area contributed by atoms with Gasteiger partial charge in [0.1, 0.15) is 12.2 Å². The van der Waals surface area contributed by atoms with E-state index in [0.717, 1.165) is 27.0 Å². The highest BCUT2D eigenvalue weighted by Gasteiger charge is 2.32. The zero-order chi connectivity index (χ0) is 27.1. The van der Waals surface area contributed by atoms with E-state index in [2.05, 4.69) is 0 Å². The maximum Gasteiger partial charge on any atom is 0.183 e. The van der Waals surface area contributed by atoms with Gasteiger partial charge in [-0.3, -0.25) is 0 Å². The molecule has 0 saturated carbocycles. The Bertz CT molecular complexity index is 1240. The molecule has 3 atom stereocenters. The first-order chi connectivity index (χ1) is 19.2. The average molecular weight is 526 g/mol. The fourth-order valence-electron chi connectivity index (χ4n) is 4.13. The molecule has 0 fully saturated rings. The van der Waals surface area contributed by atoms with Crippen molar-refractivity contribution in [3.8, 4) is 0 Å². The third-order valence-electron chi connectivity index (χ3n) is 6.17. The number of aliphatic hydroxyl groups excluding tert-OH is 1. The second kappa shape index (κ2) is 15.6. The van der Waals surface area contributed by atoms with Crippen molar-refractivity contribution < 1.29 is 24.1 Å². The van der Waals surface area contributed by atoms with Crippen molar-refractivity contribution >= 4 is 6.21 Å². The third-order valence-corrected chi connectivity index (χ3v) is 6.17. The van der Waals surface area contributed by atoms with E-state index >= 15 is 0 Å². The Labute approximate surface area is 230 Å². The second-order valence-corrected chi connectivity index (χ2v) is 9.30. The first-order valence-corrected chi connectivity index (χ1v) is 13.1. The van der Waals surface area contributed by atoms with Gasteiger partial charge in [-0.25, -0.2) is 4.74 Å². The Hall–Kier alpha value is -3.81. The zero-order valence-corrected chi connectivity index (χ0v) is 21.9. The monoisotopic (exact) mass is 525 g/mol. The van der Waals surface area contributed by atoms with Gasteiger partial charge >= 0.3 is 0 Å². The van der Waals surface area contributed by atoms with Crippen LogP contribution in [0, 0.1) is 5.21 Å². The van der Waals surface area contributed by atoms with Crippen molar-refractivity contribution in [1.82, 2.24) is 0 Å². The Morgan fingerprint density at radius 1 is 0.615 bits per heavy atom. The van der Waals surface area contributed by atoms with Crippen molar-refractivity contribution in [3.63, 3.8) is 0 Å². The Morgan fingerprint density at radius 3 is 1.56 bits per heavy atom. The van der Waals surface area contributed by atoms with E-state index in [9.17, 15) is 10.3 Å². The molecule has 0 heterocycles. The summed E-state index contributed by atoms with van der Waals surface area (Å²) in [5.41, 5.74) is 3.78. The van der Waals surface area contributed by atoms with Gasteiger partial charge in [-0.1, -0.05) is 121 Å². The zero-order valence-electron chi connectivity index (χ0n) is 21.9. The van der Waals surface area contributed by atoms with E-state index in [1.54, 1.807) is 0 Å². The number of nitrogens with zero attached hydrogens (tertiary/aromatic N) is 1. The van der Waals surface area contributed by atoms with Crippen molar-refractivity contribution in [3.05, 3.63) is 149 Å². The van der Waals surface area contributed by atoms with Gasteiger partial charge in [0.15, 0.2) is 18.9 Å². The number of hydrogen-bond donors (Lipinski definition) is 1. The van der Waals surface area contributed by atoms with Gasteiger partial charge in [-0.2, -0.15) is 0 Å². The summed E-state index contributed by atoms with van der Waals surface area (Å²) in [4.78, 5) is 0. The Morgan fingerprint density at radius 2 is 1.05 bits per heavy atom. The molecule has 202 valence electrons. The Balaban J connectivity index is 1.53. The van der Waals surface area contributed by atoms with E-state index in [4.69, 9.17) is 14.2 Å². The topological polar surface area (TPSA) is 74.0 Å². The van der Waals surface area contributed by atoms with Crippen LogP contribution in [0.1, 0.15) is 22.3 Å². The summed E-state index contributed by atoms with van der Waals surface area (Å²) < 4.78 is 19.1. The molecule has 4 rings (SSSR count). The highest BCUT2D eigenvalue weighted by molar-refractivity contribution is 5.59. The van der Waals surface area contributed by atoms with Gasteiger partial charge in [0, 0.05) is 5.56 Å². The second-order valence-electron chi connectivity index (χ2n) is 9.30. The van der Waals surface area contributed by atoms with Gasteiger partial charge < -0.3 is 24.5 Å². The summed E-state index contributed by atoms with van der Waals surface area (Å²) in [6.07, 6.45) is -1.27. The van der Waals surface area contributed by atoms with Crippen LogP contribution in [0.3, 0.4) is 0 Å². The van der Waals surface area contributed by atoms with E-state index in [0.29, 0.717) is 6.61 Å².